The fourth-order valence-electron chi connectivity index (χ4n) is 4.16. The van der Waals surface area contributed by atoms with Crippen molar-refractivity contribution >= 4 is 28.4 Å². The van der Waals surface area contributed by atoms with E-state index in [1.54, 1.807) is 28.8 Å². The van der Waals surface area contributed by atoms with E-state index in [1.165, 1.54) is 11.8 Å². The topological polar surface area (TPSA) is 82.9 Å². The maximum atomic E-state index is 13.3. The summed E-state index contributed by atoms with van der Waals surface area (Å²) < 4.78 is 18.3. The number of aromatic nitrogens is 2. The molecule has 0 amide bonds. The van der Waals surface area contributed by atoms with Gasteiger partial charge in [0.15, 0.2) is 22.4 Å². The van der Waals surface area contributed by atoms with Gasteiger partial charge in [-0.25, -0.2) is 4.98 Å². The number of ether oxygens (including phenoxy) is 3. The smallest absolute Gasteiger partial charge is 0.262 e. The van der Waals surface area contributed by atoms with Crippen molar-refractivity contribution in [3.05, 3.63) is 58.4 Å². The summed E-state index contributed by atoms with van der Waals surface area (Å²) in [4.78, 5) is 33.3. The van der Waals surface area contributed by atoms with Crippen molar-refractivity contribution in [1.82, 2.24) is 14.5 Å². The third-order valence-electron chi connectivity index (χ3n) is 5.98. The molecule has 178 valence electrons. The molecule has 2 aliphatic rings. The second-order valence-electron chi connectivity index (χ2n) is 8.25. The quantitative estimate of drug-likeness (QED) is 0.276. The average molecular weight is 482 g/mol. The summed E-state index contributed by atoms with van der Waals surface area (Å²) in [6, 6.07) is 12.6. The summed E-state index contributed by atoms with van der Waals surface area (Å²) in [5.74, 6) is 1.37. The van der Waals surface area contributed by atoms with Crippen LogP contribution in [0.2, 0.25) is 0 Å². The van der Waals surface area contributed by atoms with Crippen molar-refractivity contribution in [2.75, 3.05) is 51.8 Å². The highest BCUT2D eigenvalue weighted by molar-refractivity contribution is 7.99. The maximum absolute atomic E-state index is 13.3. The van der Waals surface area contributed by atoms with Gasteiger partial charge in [0.1, 0.15) is 13.2 Å². The molecule has 2 aromatic carbocycles. The number of rotatable bonds is 8. The summed E-state index contributed by atoms with van der Waals surface area (Å²) in [6.45, 7) is 5.75. The summed E-state index contributed by atoms with van der Waals surface area (Å²) >= 11 is 1.30. The minimum absolute atomic E-state index is 0.0516. The van der Waals surface area contributed by atoms with Crippen LogP contribution in [0.4, 0.5) is 0 Å². The monoisotopic (exact) mass is 481 g/mol. The lowest BCUT2D eigenvalue weighted by Crippen LogP contribution is -2.37. The Hall–Kier alpha value is -2.88. The molecule has 1 fully saturated rings. The lowest BCUT2D eigenvalue weighted by atomic mass is 10.1. The molecule has 0 aliphatic carbocycles. The average Bonchev–Trinajstić information content (AvgIpc) is 2.89. The zero-order chi connectivity index (χ0) is 23.3. The molecule has 1 aromatic heterocycles. The highest BCUT2D eigenvalue weighted by atomic mass is 32.2. The van der Waals surface area contributed by atoms with Crippen molar-refractivity contribution in [1.29, 1.82) is 0 Å². The van der Waals surface area contributed by atoms with Gasteiger partial charge in [0.2, 0.25) is 0 Å². The predicted octanol–water partition coefficient (Wildman–Crippen LogP) is 2.87. The van der Waals surface area contributed by atoms with E-state index in [9.17, 15) is 9.59 Å². The number of nitrogens with zero attached hydrogens (tertiary/aromatic N) is 3. The largest absolute Gasteiger partial charge is 0.486 e. The molecule has 0 bridgehead atoms. The normalized spacial score (nSPS) is 16.0. The van der Waals surface area contributed by atoms with E-state index in [4.69, 9.17) is 19.2 Å². The molecule has 0 unspecified atom stereocenters. The number of ketones is 1. The van der Waals surface area contributed by atoms with Crippen LogP contribution >= 0.6 is 11.8 Å². The highest BCUT2D eigenvalue weighted by Gasteiger charge is 2.18. The Morgan fingerprint density at radius 1 is 0.971 bits per heavy atom. The minimum atomic E-state index is -0.0677. The Kier molecular flexibility index (Phi) is 7.13. The van der Waals surface area contributed by atoms with Gasteiger partial charge in [-0.05, 0) is 36.8 Å². The Bertz CT molecular complexity index is 1240. The lowest BCUT2D eigenvalue weighted by molar-refractivity contribution is 0.0368. The van der Waals surface area contributed by atoms with Crippen LogP contribution in [-0.4, -0.2) is 72.0 Å². The van der Waals surface area contributed by atoms with Crippen LogP contribution in [0.3, 0.4) is 0 Å². The molecule has 0 atom stereocenters. The molecule has 3 aromatic rings. The van der Waals surface area contributed by atoms with E-state index in [2.05, 4.69) is 4.90 Å². The molecule has 5 rings (SSSR count). The van der Waals surface area contributed by atoms with Gasteiger partial charge in [0, 0.05) is 31.7 Å². The van der Waals surface area contributed by atoms with Crippen LogP contribution in [-0.2, 0) is 11.3 Å². The molecule has 8 nitrogen and oxygen atoms in total. The molecule has 1 saturated heterocycles. The van der Waals surface area contributed by atoms with E-state index in [0.717, 1.165) is 39.3 Å². The molecule has 34 heavy (non-hydrogen) atoms. The van der Waals surface area contributed by atoms with Gasteiger partial charge in [-0.3, -0.25) is 19.1 Å². The van der Waals surface area contributed by atoms with Crippen molar-refractivity contribution in [3.63, 3.8) is 0 Å². The lowest BCUT2D eigenvalue weighted by Gasteiger charge is -2.26. The number of benzene rings is 2. The number of carbonyl (C=O) groups is 1. The number of carbonyl (C=O) groups excluding carboxylic acids is 1. The molecule has 2 aliphatic heterocycles. The van der Waals surface area contributed by atoms with Crippen molar-refractivity contribution in [2.24, 2.45) is 0 Å². The Labute approximate surface area is 201 Å². The number of thioether (sulfide) groups is 1. The zero-order valence-corrected chi connectivity index (χ0v) is 19.7. The molecule has 0 N–H and O–H groups in total. The number of hydrogen-bond donors (Lipinski definition) is 0. The van der Waals surface area contributed by atoms with E-state index in [1.807, 2.05) is 18.2 Å². The molecule has 0 spiro atoms. The number of para-hydroxylation sites is 1. The third-order valence-corrected chi connectivity index (χ3v) is 6.96. The van der Waals surface area contributed by atoms with Crippen LogP contribution in [0.5, 0.6) is 11.5 Å². The van der Waals surface area contributed by atoms with Crippen LogP contribution in [0.25, 0.3) is 10.9 Å². The Morgan fingerprint density at radius 2 is 1.76 bits per heavy atom. The van der Waals surface area contributed by atoms with Gasteiger partial charge in [-0.2, -0.15) is 0 Å². The van der Waals surface area contributed by atoms with Crippen LogP contribution in [0.1, 0.15) is 16.8 Å². The molecule has 9 heteroatoms. The van der Waals surface area contributed by atoms with Gasteiger partial charge < -0.3 is 14.2 Å². The van der Waals surface area contributed by atoms with Gasteiger partial charge >= 0.3 is 0 Å². The number of morpholine rings is 1. The molecule has 0 radical (unpaired) electrons. The summed E-state index contributed by atoms with van der Waals surface area (Å²) in [6.07, 6.45) is 0.823. The fraction of sp³-hybridized carbons (Fsp3) is 0.400. The maximum Gasteiger partial charge on any atom is 0.262 e. The molecular weight excluding hydrogens is 454 g/mol. The first-order chi connectivity index (χ1) is 16.7. The second-order valence-corrected chi connectivity index (χ2v) is 9.19. The number of hydrogen-bond acceptors (Lipinski definition) is 8. The zero-order valence-electron chi connectivity index (χ0n) is 18.9. The van der Waals surface area contributed by atoms with Crippen molar-refractivity contribution in [2.45, 2.75) is 18.1 Å². The van der Waals surface area contributed by atoms with Crippen molar-refractivity contribution < 1.29 is 19.0 Å². The second kappa shape index (κ2) is 10.6. The van der Waals surface area contributed by atoms with Crippen molar-refractivity contribution in [3.8, 4) is 11.5 Å². The van der Waals surface area contributed by atoms with Gasteiger partial charge in [-0.1, -0.05) is 23.9 Å². The van der Waals surface area contributed by atoms with Gasteiger partial charge in [-0.15, -0.1) is 0 Å². The number of Topliss-reactive ketones (excluding diaryl/α,β-unsaturated/α-hetero) is 1. The third kappa shape index (κ3) is 5.11. The van der Waals surface area contributed by atoms with E-state index in [0.29, 0.717) is 52.9 Å². The molecule has 0 saturated carbocycles. The first kappa shape index (κ1) is 22.9. The SMILES string of the molecule is O=C(CSc1nc2ccccc2c(=O)n1CCCN1CCOCC1)c1ccc2c(c1)OCCO2. The van der Waals surface area contributed by atoms with Gasteiger partial charge in [0.05, 0.1) is 29.9 Å². The molecule has 3 heterocycles. The summed E-state index contributed by atoms with van der Waals surface area (Å²) in [5.41, 5.74) is 1.13. The standard InChI is InChI=1S/C25H27N3O5S/c29-21(18-6-7-22-23(16-18)33-15-14-32-22)17-34-25-26-20-5-2-1-4-19(20)24(30)28(25)9-3-8-27-10-12-31-13-11-27/h1-2,4-7,16H,3,8-15,17H2. The predicted molar refractivity (Wildman–Crippen MR) is 130 cm³/mol. The number of fused-ring (bicyclic) bond motifs is 2. The highest BCUT2D eigenvalue weighted by Crippen LogP contribution is 2.31. The first-order valence-corrected chi connectivity index (χ1v) is 12.5. The van der Waals surface area contributed by atoms with E-state index in [-0.39, 0.29) is 17.1 Å². The molecular formula is C25H27N3O5S. The summed E-state index contributed by atoms with van der Waals surface area (Å²) in [7, 11) is 0. The fourth-order valence-corrected chi connectivity index (χ4v) is 5.08. The Morgan fingerprint density at radius 3 is 2.62 bits per heavy atom. The van der Waals surface area contributed by atoms with Gasteiger partial charge in [0.25, 0.3) is 5.56 Å². The Balaban J connectivity index is 1.33. The van der Waals surface area contributed by atoms with Crippen LogP contribution in [0, 0.1) is 0 Å². The van der Waals surface area contributed by atoms with E-state index >= 15 is 0 Å². The van der Waals surface area contributed by atoms with E-state index < -0.39 is 0 Å². The summed E-state index contributed by atoms with van der Waals surface area (Å²) in [5, 5.41) is 1.16. The van der Waals surface area contributed by atoms with Crippen LogP contribution < -0.4 is 15.0 Å². The van der Waals surface area contributed by atoms with Crippen LogP contribution in [0.15, 0.2) is 52.4 Å². The first-order valence-electron chi connectivity index (χ1n) is 11.5. The minimum Gasteiger partial charge on any atom is -0.486 e.